The lowest BCUT2D eigenvalue weighted by Gasteiger charge is -1.95. The van der Waals surface area contributed by atoms with Crippen molar-refractivity contribution in [2.24, 2.45) is 0 Å². The van der Waals surface area contributed by atoms with Crippen LogP contribution in [-0.4, -0.2) is 45.6 Å². The van der Waals surface area contributed by atoms with E-state index in [4.69, 9.17) is 20.4 Å². The molecule has 23 heavy (non-hydrogen) atoms. The van der Waals surface area contributed by atoms with Crippen LogP contribution in [0.2, 0.25) is 0 Å². The van der Waals surface area contributed by atoms with Crippen molar-refractivity contribution in [1.29, 1.82) is 0 Å². The summed E-state index contributed by atoms with van der Waals surface area (Å²) in [5.41, 5.74) is -0.0372. The second-order valence-corrected chi connectivity index (χ2v) is 4.32. The van der Waals surface area contributed by atoms with E-state index < -0.39 is 11.9 Å². The van der Waals surface area contributed by atoms with Gasteiger partial charge in [-0.1, -0.05) is 12.1 Å². The molecule has 0 saturated carbocycles. The average Bonchev–Trinajstić information content (AvgIpc) is 3.36. The van der Waals surface area contributed by atoms with Crippen LogP contribution in [-0.2, 0) is 4.74 Å². The van der Waals surface area contributed by atoms with Crippen molar-refractivity contribution in [3.63, 3.8) is 0 Å². The third-order valence-corrected chi connectivity index (χ3v) is 2.39. The number of benzene rings is 2. The van der Waals surface area contributed by atoms with Crippen LogP contribution in [0.3, 0.4) is 0 Å². The molecule has 1 saturated heterocycles. The zero-order valence-electron chi connectivity index (χ0n) is 12.0. The molecule has 0 unspecified atom stereocenters. The number of phenols is 2. The van der Waals surface area contributed by atoms with Crippen molar-refractivity contribution in [1.82, 2.24) is 0 Å². The summed E-state index contributed by atoms with van der Waals surface area (Å²) in [6.07, 6.45) is 0. The van der Waals surface area contributed by atoms with Gasteiger partial charge in [0.2, 0.25) is 0 Å². The lowest BCUT2D eigenvalue weighted by molar-refractivity contribution is 0.0696. The third-order valence-electron chi connectivity index (χ3n) is 2.39. The zero-order valence-corrected chi connectivity index (χ0v) is 12.0. The Bertz CT molecular complexity index is 616. The van der Waals surface area contributed by atoms with E-state index in [2.05, 4.69) is 4.74 Å². The minimum absolute atomic E-state index is 0.0186. The molecule has 1 heterocycles. The van der Waals surface area contributed by atoms with Gasteiger partial charge in [0, 0.05) is 6.07 Å². The van der Waals surface area contributed by atoms with Crippen LogP contribution in [0.15, 0.2) is 48.5 Å². The lowest BCUT2D eigenvalue weighted by atomic mass is 10.1. The van der Waals surface area contributed by atoms with Crippen LogP contribution < -0.4 is 0 Å². The largest absolute Gasteiger partial charge is 0.508 e. The molecule has 2 aromatic rings. The molecule has 0 amide bonds. The number of aromatic hydroxyl groups is 2. The van der Waals surface area contributed by atoms with E-state index in [1.807, 2.05) is 0 Å². The van der Waals surface area contributed by atoms with Gasteiger partial charge in [-0.25, -0.2) is 9.59 Å². The number of phenolic OH excluding ortho intramolecular Hbond substituents is 2. The van der Waals surface area contributed by atoms with Crippen molar-refractivity contribution in [3.05, 3.63) is 59.7 Å². The minimum Gasteiger partial charge on any atom is -0.508 e. The first kappa shape index (κ1) is 18.0. The van der Waals surface area contributed by atoms with Gasteiger partial charge in [0.15, 0.2) is 0 Å². The lowest BCUT2D eigenvalue weighted by Crippen LogP contribution is -2.01. The van der Waals surface area contributed by atoms with Crippen LogP contribution in [0.4, 0.5) is 0 Å². The van der Waals surface area contributed by atoms with Crippen molar-refractivity contribution >= 4 is 11.9 Å². The first-order valence-corrected chi connectivity index (χ1v) is 6.52. The Hall–Kier alpha value is -3.06. The summed E-state index contributed by atoms with van der Waals surface area (Å²) >= 11 is 0. The summed E-state index contributed by atoms with van der Waals surface area (Å²) in [5, 5.41) is 34.3. The van der Waals surface area contributed by atoms with Gasteiger partial charge < -0.3 is 25.2 Å². The number of carboxylic acids is 2. The van der Waals surface area contributed by atoms with Gasteiger partial charge >= 0.3 is 11.9 Å². The van der Waals surface area contributed by atoms with Crippen molar-refractivity contribution in [3.8, 4) is 11.5 Å². The van der Waals surface area contributed by atoms with Crippen LogP contribution in [0, 0.1) is 0 Å². The Morgan fingerprint density at radius 1 is 0.783 bits per heavy atom. The predicted molar refractivity (Wildman–Crippen MR) is 81.0 cm³/mol. The van der Waals surface area contributed by atoms with E-state index in [0.29, 0.717) is 0 Å². The van der Waals surface area contributed by atoms with E-state index in [9.17, 15) is 9.59 Å². The molecule has 0 radical (unpaired) electrons. The van der Waals surface area contributed by atoms with Gasteiger partial charge in [-0.15, -0.1) is 0 Å². The Kier molecular flexibility index (Phi) is 7.09. The molecule has 7 heteroatoms. The number of hydrogen-bond donors (Lipinski definition) is 4. The molecule has 3 rings (SSSR count). The number of epoxide rings is 1. The predicted octanol–water partition coefficient (Wildman–Crippen LogP) is 2.20. The van der Waals surface area contributed by atoms with Gasteiger partial charge in [0.05, 0.1) is 24.3 Å². The fraction of sp³-hybridized carbons (Fsp3) is 0.125. The molecule has 0 spiro atoms. The molecule has 1 fully saturated rings. The highest BCUT2D eigenvalue weighted by Gasteiger charge is 2.06. The smallest absolute Gasteiger partial charge is 0.335 e. The Labute approximate surface area is 132 Å². The standard InChI is InChI=1S/C8H6O4.C6H6O2.C2H4O/c9-7(10)5-2-1-3-6(4-5)8(11)12;7-5-2-1-3-6(8)4-5;1-2-3-1/h1-4H,(H,9,10)(H,11,12);1-4,7-8H;1-2H2. The number of hydrogen-bond acceptors (Lipinski definition) is 5. The summed E-state index contributed by atoms with van der Waals surface area (Å²) in [7, 11) is 0. The molecule has 7 nitrogen and oxygen atoms in total. The van der Waals surface area contributed by atoms with Gasteiger partial charge in [0.1, 0.15) is 11.5 Å². The first-order valence-electron chi connectivity index (χ1n) is 6.52. The van der Waals surface area contributed by atoms with E-state index >= 15 is 0 Å². The van der Waals surface area contributed by atoms with Gasteiger partial charge in [-0.3, -0.25) is 0 Å². The molecular weight excluding hydrogens is 304 g/mol. The zero-order chi connectivity index (χ0) is 17.2. The number of carboxylic acid groups (broad SMARTS) is 2. The molecule has 1 aliphatic heterocycles. The number of rotatable bonds is 2. The van der Waals surface area contributed by atoms with E-state index in [1.54, 1.807) is 6.07 Å². The molecule has 0 atom stereocenters. The molecule has 0 aliphatic carbocycles. The maximum Gasteiger partial charge on any atom is 0.335 e. The normalized spacial score (nSPS) is 11.1. The van der Waals surface area contributed by atoms with E-state index in [1.165, 1.54) is 36.4 Å². The monoisotopic (exact) mass is 320 g/mol. The summed E-state index contributed by atoms with van der Waals surface area (Å²) < 4.78 is 4.50. The highest BCUT2D eigenvalue weighted by molar-refractivity contribution is 5.93. The van der Waals surface area contributed by atoms with Crippen molar-refractivity contribution in [2.75, 3.05) is 13.2 Å². The summed E-state index contributed by atoms with van der Waals surface area (Å²) in [5.74, 6) is -2.08. The van der Waals surface area contributed by atoms with Gasteiger partial charge in [-0.05, 0) is 30.3 Å². The second-order valence-electron chi connectivity index (χ2n) is 4.32. The highest BCUT2D eigenvalue weighted by Crippen LogP contribution is 2.14. The quantitative estimate of drug-likeness (QED) is 0.624. The number of carbonyl (C=O) groups is 2. The van der Waals surface area contributed by atoms with Crippen LogP contribution >= 0.6 is 0 Å². The van der Waals surface area contributed by atoms with Crippen LogP contribution in [0.1, 0.15) is 20.7 Å². The summed E-state index contributed by atoms with van der Waals surface area (Å²) in [6.45, 7) is 2.00. The maximum absolute atomic E-state index is 10.4. The fourth-order valence-electron chi connectivity index (χ4n) is 1.28. The van der Waals surface area contributed by atoms with Gasteiger partial charge in [-0.2, -0.15) is 0 Å². The molecule has 1 aliphatic rings. The molecule has 0 aromatic heterocycles. The maximum atomic E-state index is 10.4. The summed E-state index contributed by atoms with van der Waals surface area (Å²) in [4.78, 5) is 20.8. The molecule has 4 N–H and O–H groups in total. The number of ether oxygens (including phenoxy) is 1. The van der Waals surface area contributed by atoms with Crippen LogP contribution in [0.5, 0.6) is 11.5 Å². The van der Waals surface area contributed by atoms with E-state index in [-0.39, 0.29) is 22.6 Å². The Morgan fingerprint density at radius 3 is 1.43 bits per heavy atom. The van der Waals surface area contributed by atoms with Crippen molar-refractivity contribution < 1.29 is 34.8 Å². The highest BCUT2D eigenvalue weighted by atomic mass is 16.6. The second kappa shape index (κ2) is 9.06. The minimum atomic E-state index is -1.13. The fourth-order valence-corrected chi connectivity index (χ4v) is 1.28. The van der Waals surface area contributed by atoms with Crippen molar-refractivity contribution in [2.45, 2.75) is 0 Å². The van der Waals surface area contributed by atoms with Gasteiger partial charge in [0.25, 0.3) is 0 Å². The molecular formula is C16H16O7. The Morgan fingerprint density at radius 2 is 1.17 bits per heavy atom. The topological polar surface area (TPSA) is 128 Å². The third kappa shape index (κ3) is 8.08. The first-order chi connectivity index (χ1) is 10.9. The van der Waals surface area contributed by atoms with Crippen LogP contribution in [0.25, 0.3) is 0 Å². The Balaban J connectivity index is 0.000000204. The molecule has 2 aromatic carbocycles. The SMILES string of the molecule is C1CO1.O=C(O)c1cccc(C(=O)O)c1.Oc1cccc(O)c1. The molecule has 122 valence electrons. The number of aromatic carboxylic acids is 2. The van der Waals surface area contributed by atoms with E-state index in [0.717, 1.165) is 19.3 Å². The summed E-state index contributed by atoms with van der Waals surface area (Å²) in [6, 6.07) is 11.0. The molecule has 0 bridgehead atoms. The average molecular weight is 320 g/mol.